The van der Waals surface area contributed by atoms with Gasteiger partial charge in [-0.1, -0.05) is 13.8 Å². The molecule has 208 valence electrons. The molecule has 10 heteroatoms. The summed E-state index contributed by atoms with van der Waals surface area (Å²) < 4.78 is 23.1. The molecule has 0 aromatic carbocycles. The van der Waals surface area contributed by atoms with E-state index in [2.05, 4.69) is 4.98 Å². The van der Waals surface area contributed by atoms with Crippen molar-refractivity contribution in [3.63, 3.8) is 0 Å². The number of nitrogens with zero attached hydrogens (tertiary/aromatic N) is 1. The second kappa shape index (κ2) is 9.29. The maximum atomic E-state index is 13.9. The van der Waals surface area contributed by atoms with Crippen LogP contribution in [0.25, 0.3) is 11.3 Å². The topological polar surface area (TPSA) is 142 Å². The molecule has 3 heterocycles. The number of esters is 2. The van der Waals surface area contributed by atoms with Gasteiger partial charge in [-0.2, -0.15) is 0 Å². The van der Waals surface area contributed by atoms with Crippen molar-refractivity contribution in [3.05, 3.63) is 46.6 Å². The van der Waals surface area contributed by atoms with Gasteiger partial charge in [0.05, 0.1) is 6.10 Å². The molecule has 10 nitrogen and oxygen atoms in total. The zero-order valence-electron chi connectivity index (χ0n) is 22.7. The van der Waals surface area contributed by atoms with E-state index in [1.807, 2.05) is 13.8 Å². The molecule has 7 atom stereocenters. The van der Waals surface area contributed by atoms with Crippen LogP contribution in [0.1, 0.15) is 65.5 Å². The highest BCUT2D eigenvalue weighted by Gasteiger charge is 2.70. The summed E-state index contributed by atoms with van der Waals surface area (Å²) in [6, 6.07) is 4.94. The third-order valence-corrected chi connectivity index (χ3v) is 9.24. The smallest absolute Gasteiger partial charge is 0.345 e. The van der Waals surface area contributed by atoms with Gasteiger partial charge in [0.2, 0.25) is 0 Å². The molecular weight excluding hydrogens is 506 g/mol. The average Bonchev–Trinajstić information content (AvgIpc) is 2.86. The van der Waals surface area contributed by atoms with Crippen LogP contribution in [-0.4, -0.2) is 46.1 Å². The predicted molar refractivity (Wildman–Crippen MR) is 136 cm³/mol. The quantitative estimate of drug-likeness (QED) is 0.575. The molecule has 39 heavy (non-hydrogen) atoms. The number of carbonyl (C=O) groups excluding carboxylic acids is 3. The Hall–Kier alpha value is -3.53. The van der Waals surface area contributed by atoms with Crippen LogP contribution in [-0.2, 0) is 23.9 Å². The van der Waals surface area contributed by atoms with Crippen molar-refractivity contribution in [1.29, 1.82) is 0 Å². The third kappa shape index (κ3) is 4.16. The highest BCUT2D eigenvalue weighted by atomic mass is 16.6. The number of aliphatic hydroxyl groups excluding tert-OH is 1. The lowest BCUT2D eigenvalue weighted by Gasteiger charge is -2.64. The normalized spacial score (nSPS) is 35.1. The summed E-state index contributed by atoms with van der Waals surface area (Å²) in [6.45, 7) is 8.02. The van der Waals surface area contributed by atoms with Gasteiger partial charge in [0.25, 0.3) is 0 Å². The fourth-order valence-corrected chi connectivity index (χ4v) is 7.46. The number of hydrogen-bond donors (Lipinski definition) is 1. The Bertz CT molecular complexity index is 1390. The van der Waals surface area contributed by atoms with E-state index < -0.39 is 58.0 Å². The first-order valence-corrected chi connectivity index (χ1v) is 13.1. The van der Waals surface area contributed by atoms with E-state index in [-0.39, 0.29) is 35.9 Å². The van der Waals surface area contributed by atoms with Crippen molar-refractivity contribution >= 4 is 17.7 Å². The van der Waals surface area contributed by atoms with Crippen LogP contribution in [0.3, 0.4) is 0 Å². The lowest BCUT2D eigenvalue weighted by molar-refractivity contribution is -0.231. The second-order valence-electron chi connectivity index (χ2n) is 11.7. The van der Waals surface area contributed by atoms with Gasteiger partial charge < -0.3 is 23.7 Å². The highest BCUT2D eigenvalue weighted by Crippen LogP contribution is 2.66. The molecule has 0 radical (unpaired) electrons. The van der Waals surface area contributed by atoms with Crippen molar-refractivity contribution in [2.45, 2.75) is 71.7 Å². The summed E-state index contributed by atoms with van der Waals surface area (Å²) in [5.74, 6) is -2.17. The third-order valence-electron chi connectivity index (χ3n) is 9.24. The first-order valence-electron chi connectivity index (χ1n) is 13.1. The Kier molecular flexibility index (Phi) is 6.44. The summed E-state index contributed by atoms with van der Waals surface area (Å²) in [5.41, 5.74) is -3.35. The number of Topliss-reactive ketones (excluding diaryl/α,β-unsaturated/α-hetero) is 1. The molecule has 2 aromatic heterocycles. The molecule has 5 rings (SSSR count). The molecular formula is C29H33NO9. The van der Waals surface area contributed by atoms with Crippen LogP contribution in [0.5, 0.6) is 5.75 Å². The summed E-state index contributed by atoms with van der Waals surface area (Å²) >= 11 is 0. The zero-order chi connectivity index (χ0) is 28.3. The molecule has 0 amide bonds. The SMILES string of the molecule is CC(=O)OC[C@@]1(C)[C@@H]2CC(=O)[C@@]3(C)Oc4cc(-c5cccnc5)oc(=O)c4[C@H](O)[C@@H]3[C@@]2(C)CC[C@@H]1OC(C)=O. The Morgan fingerprint density at radius 3 is 2.56 bits per heavy atom. The lowest BCUT2D eigenvalue weighted by atomic mass is 9.43. The summed E-state index contributed by atoms with van der Waals surface area (Å²) in [6.07, 6.45) is 2.11. The van der Waals surface area contributed by atoms with Crippen LogP contribution in [0.15, 0.2) is 39.8 Å². The second-order valence-corrected chi connectivity index (χ2v) is 11.7. The maximum Gasteiger partial charge on any atom is 0.345 e. The fourth-order valence-electron chi connectivity index (χ4n) is 7.46. The van der Waals surface area contributed by atoms with Gasteiger partial charge in [-0.25, -0.2) is 4.79 Å². The minimum Gasteiger partial charge on any atom is -0.479 e. The van der Waals surface area contributed by atoms with Crippen LogP contribution in [0.2, 0.25) is 0 Å². The number of hydrogen-bond acceptors (Lipinski definition) is 10. The molecule has 0 spiro atoms. The minimum absolute atomic E-state index is 0.0383. The summed E-state index contributed by atoms with van der Waals surface area (Å²) in [4.78, 5) is 55.0. The minimum atomic E-state index is -1.44. The van der Waals surface area contributed by atoms with E-state index in [9.17, 15) is 24.3 Å². The monoisotopic (exact) mass is 539 g/mol. The van der Waals surface area contributed by atoms with Crippen LogP contribution in [0.4, 0.5) is 0 Å². The van der Waals surface area contributed by atoms with E-state index in [1.165, 1.54) is 26.1 Å². The van der Waals surface area contributed by atoms with Gasteiger partial charge in [0.1, 0.15) is 29.8 Å². The standard InChI is InChI=1S/C29H33NO9/c1-15(31)36-14-28(4)20-12-21(33)29(5)25(27(20,3)9-8-22(28)37-16(2)32)24(34)23-19(39-29)11-18(38-26(23)35)17-7-6-10-30-13-17/h6-7,10-11,13,20,22,24-25,34H,8-9,12,14H2,1-5H3/t20-,22+,24+,25-,27+,28+,29-/m1/s1. The van der Waals surface area contributed by atoms with E-state index in [0.29, 0.717) is 18.4 Å². The number of pyridine rings is 1. The van der Waals surface area contributed by atoms with Gasteiger partial charge in [-0.05, 0) is 43.2 Å². The largest absolute Gasteiger partial charge is 0.479 e. The average molecular weight is 540 g/mol. The van der Waals surface area contributed by atoms with Gasteiger partial charge in [0, 0.05) is 55.6 Å². The first kappa shape index (κ1) is 27.1. The molecule has 0 saturated heterocycles. The molecule has 1 N–H and O–H groups in total. The van der Waals surface area contributed by atoms with E-state index >= 15 is 0 Å². The van der Waals surface area contributed by atoms with Gasteiger partial charge in [-0.15, -0.1) is 0 Å². The van der Waals surface area contributed by atoms with Crippen molar-refractivity contribution < 1.29 is 38.1 Å². The van der Waals surface area contributed by atoms with Gasteiger partial charge in [-0.3, -0.25) is 19.4 Å². The lowest BCUT2D eigenvalue weighted by Crippen LogP contribution is -2.69. The number of ether oxygens (including phenoxy) is 3. The predicted octanol–water partition coefficient (Wildman–Crippen LogP) is 3.39. The molecule has 0 unspecified atom stereocenters. The molecule has 2 aromatic rings. The summed E-state index contributed by atoms with van der Waals surface area (Å²) in [5, 5.41) is 11.8. The van der Waals surface area contributed by atoms with E-state index in [0.717, 1.165) is 0 Å². The number of aliphatic hydroxyl groups is 1. The fraction of sp³-hybridized carbons (Fsp3) is 0.552. The van der Waals surface area contributed by atoms with Crippen LogP contribution in [0, 0.1) is 22.7 Å². The molecule has 2 fully saturated rings. The van der Waals surface area contributed by atoms with E-state index in [4.69, 9.17) is 18.6 Å². The number of rotatable bonds is 4. The molecule has 1 aliphatic heterocycles. The number of ketones is 1. The van der Waals surface area contributed by atoms with Gasteiger partial charge in [0.15, 0.2) is 11.4 Å². The molecule has 0 bridgehead atoms. The molecule has 2 aliphatic carbocycles. The Labute approximate surface area is 225 Å². The van der Waals surface area contributed by atoms with Crippen molar-refractivity contribution in [3.8, 4) is 17.1 Å². The Balaban J connectivity index is 1.61. The Morgan fingerprint density at radius 2 is 1.92 bits per heavy atom. The molecule has 3 aliphatic rings. The number of carbonyl (C=O) groups is 3. The van der Waals surface area contributed by atoms with E-state index in [1.54, 1.807) is 25.3 Å². The van der Waals surface area contributed by atoms with Crippen LogP contribution < -0.4 is 10.4 Å². The highest BCUT2D eigenvalue weighted by molar-refractivity contribution is 5.90. The summed E-state index contributed by atoms with van der Waals surface area (Å²) in [7, 11) is 0. The van der Waals surface area contributed by atoms with Crippen molar-refractivity contribution in [2.24, 2.45) is 22.7 Å². The maximum absolute atomic E-state index is 13.9. The zero-order valence-corrected chi connectivity index (χ0v) is 22.7. The Morgan fingerprint density at radius 1 is 1.18 bits per heavy atom. The first-order chi connectivity index (χ1) is 18.3. The van der Waals surface area contributed by atoms with Crippen molar-refractivity contribution in [1.82, 2.24) is 4.98 Å². The number of fused-ring (bicyclic) bond motifs is 4. The van der Waals surface area contributed by atoms with Gasteiger partial charge >= 0.3 is 17.6 Å². The molecule has 2 saturated carbocycles. The number of aromatic nitrogens is 1. The van der Waals surface area contributed by atoms with Crippen LogP contribution >= 0.6 is 0 Å². The van der Waals surface area contributed by atoms with Crippen molar-refractivity contribution in [2.75, 3.05) is 6.61 Å².